The van der Waals surface area contributed by atoms with E-state index in [2.05, 4.69) is 0 Å². The molecule has 14 heavy (non-hydrogen) atoms. The average Bonchev–Trinajstić information content (AvgIpc) is 2.13. The summed E-state index contributed by atoms with van der Waals surface area (Å²) >= 11 is 0. The Hall–Kier alpha value is -0.900. The highest BCUT2D eigenvalue weighted by Gasteiger charge is 2.10. The van der Waals surface area contributed by atoms with Crippen LogP contribution in [0.3, 0.4) is 0 Å². The summed E-state index contributed by atoms with van der Waals surface area (Å²) in [5.74, 6) is -0.545. The van der Waals surface area contributed by atoms with E-state index in [4.69, 9.17) is 0 Å². The van der Waals surface area contributed by atoms with Gasteiger partial charge in [-0.2, -0.15) is 0 Å². The molecule has 0 heterocycles. The van der Waals surface area contributed by atoms with Crippen LogP contribution in [0.5, 0.6) is 0 Å². The number of amides is 1. The lowest BCUT2D eigenvalue weighted by atomic mass is 10.1. The molecule has 1 unspecified atom stereocenters. The Morgan fingerprint density at radius 1 is 1.36 bits per heavy atom. The Labute approximate surface area is 84.9 Å². The normalized spacial score (nSPS) is 12.3. The summed E-state index contributed by atoms with van der Waals surface area (Å²) < 4.78 is 0. The van der Waals surface area contributed by atoms with E-state index >= 15 is 0 Å². The monoisotopic (exact) mass is 200 g/mol. The first-order chi connectivity index (χ1) is 6.49. The molecule has 82 valence electrons. The van der Waals surface area contributed by atoms with Gasteiger partial charge in [0.05, 0.1) is 0 Å². The molecule has 0 aromatic carbocycles. The average molecular weight is 200 g/mol. The van der Waals surface area contributed by atoms with Gasteiger partial charge in [-0.1, -0.05) is 13.3 Å². The fourth-order valence-corrected chi connectivity index (χ4v) is 1.17. The van der Waals surface area contributed by atoms with Crippen LogP contribution in [0, 0.1) is 5.21 Å². The smallest absolute Gasteiger partial charge is 0.212 e. The van der Waals surface area contributed by atoms with Gasteiger partial charge in [-0.05, 0) is 20.3 Å². The van der Waals surface area contributed by atoms with Crippen LogP contribution in [0.15, 0.2) is 0 Å². The Balaban J connectivity index is 3.91. The van der Waals surface area contributed by atoms with Gasteiger partial charge in [0, 0.05) is 18.9 Å². The molecule has 0 radical (unpaired) electrons. The molecule has 0 aliphatic rings. The Kier molecular flexibility index (Phi) is 6.12. The lowest BCUT2D eigenvalue weighted by Crippen LogP contribution is -2.33. The van der Waals surface area contributed by atoms with Crippen LogP contribution in [-0.4, -0.2) is 22.8 Å². The summed E-state index contributed by atoms with van der Waals surface area (Å²) in [7, 11) is 0. The maximum absolute atomic E-state index is 11.3. The molecule has 1 atom stereocenters. The van der Waals surface area contributed by atoms with Crippen LogP contribution < -0.4 is 0 Å². The van der Waals surface area contributed by atoms with Crippen molar-refractivity contribution in [1.82, 2.24) is 5.06 Å². The van der Waals surface area contributed by atoms with Gasteiger partial charge >= 0.3 is 0 Å². The van der Waals surface area contributed by atoms with Crippen molar-refractivity contribution in [2.75, 3.05) is 0 Å². The predicted molar refractivity (Wildman–Crippen MR) is 54.5 cm³/mol. The summed E-state index contributed by atoms with van der Waals surface area (Å²) in [4.78, 5) is 21.8. The van der Waals surface area contributed by atoms with E-state index in [0.717, 1.165) is 6.42 Å². The van der Waals surface area contributed by atoms with Crippen LogP contribution in [0.1, 0.15) is 46.5 Å². The van der Waals surface area contributed by atoms with E-state index in [-0.39, 0.29) is 24.7 Å². The lowest BCUT2D eigenvalue weighted by molar-refractivity contribution is -0.132. The Morgan fingerprint density at radius 2 is 1.93 bits per heavy atom. The minimum Gasteiger partial charge on any atom is -0.756 e. The van der Waals surface area contributed by atoms with Crippen molar-refractivity contribution in [3.8, 4) is 0 Å². The molecule has 0 aliphatic heterocycles. The molecule has 4 heteroatoms. The molecule has 1 amide bonds. The zero-order valence-corrected chi connectivity index (χ0v) is 9.08. The number of hydrogen-bond donors (Lipinski definition) is 0. The number of carbonyl (C=O) groups is 2. The van der Waals surface area contributed by atoms with Crippen LogP contribution in [0.2, 0.25) is 0 Å². The third-order valence-electron chi connectivity index (χ3n) is 2.04. The molecule has 0 saturated heterocycles. The first-order valence-electron chi connectivity index (χ1n) is 4.97. The van der Waals surface area contributed by atoms with E-state index in [0.29, 0.717) is 11.5 Å². The molecular weight excluding hydrogens is 182 g/mol. The van der Waals surface area contributed by atoms with Gasteiger partial charge in [0.2, 0.25) is 5.91 Å². The minimum absolute atomic E-state index is 0.0346. The zero-order valence-electron chi connectivity index (χ0n) is 9.08. The van der Waals surface area contributed by atoms with Gasteiger partial charge in [-0.15, -0.1) is 0 Å². The maximum Gasteiger partial charge on any atom is 0.212 e. The second-order valence-corrected chi connectivity index (χ2v) is 3.56. The number of ketones is 1. The number of carbonyl (C=O) groups excluding carboxylic acids is 2. The second-order valence-electron chi connectivity index (χ2n) is 3.56. The highest BCUT2D eigenvalue weighted by Crippen LogP contribution is 2.07. The molecule has 0 rings (SSSR count). The summed E-state index contributed by atoms with van der Waals surface area (Å²) in [5, 5.41) is 11.8. The molecule has 0 bridgehead atoms. The number of hydroxylamine groups is 2. The first kappa shape index (κ1) is 13.1. The molecule has 0 N–H and O–H groups in total. The summed E-state index contributed by atoms with van der Waals surface area (Å²) in [5.41, 5.74) is 0. The lowest BCUT2D eigenvalue weighted by Gasteiger charge is -2.34. The summed E-state index contributed by atoms with van der Waals surface area (Å²) in [6, 6.07) is -0.278. The number of rotatable bonds is 6. The largest absolute Gasteiger partial charge is 0.756 e. The molecule has 4 nitrogen and oxygen atoms in total. The summed E-state index contributed by atoms with van der Waals surface area (Å²) in [6.07, 6.45) is 1.78. The SMILES string of the molecule is CCCC(C)N([O-])C(=O)CCC(C)=O. The number of nitrogens with zero attached hydrogens (tertiary/aromatic N) is 1. The van der Waals surface area contributed by atoms with Crippen molar-refractivity contribution in [3.63, 3.8) is 0 Å². The number of Topliss-reactive ketones (excluding diaryl/α,β-unsaturated/α-hetero) is 1. The first-order valence-corrected chi connectivity index (χ1v) is 4.97. The van der Waals surface area contributed by atoms with Gasteiger partial charge in [0.15, 0.2) is 0 Å². The molecule has 0 aliphatic carbocycles. The van der Waals surface area contributed by atoms with Crippen molar-refractivity contribution in [3.05, 3.63) is 5.21 Å². The molecule has 0 saturated carbocycles. The van der Waals surface area contributed by atoms with Gasteiger partial charge in [-0.3, -0.25) is 4.79 Å². The highest BCUT2D eigenvalue weighted by atomic mass is 16.5. The Morgan fingerprint density at radius 3 is 2.36 bits per heavy atom. The maximum atomic E-state index is 11.3. The minimum atomic E-state index is -0.485. The topological polar surface area (TPSA) is 60.4 Å². The van der Waals surface area contributed by atoms with E-state index < -0.39 is 5.91 Å². The predicted octanol–water partition coefficient (Wildman–Crippen LogP) is 1.87. The Bertz CT molecular complexity index is 204. The fraction of sp³-hybridized carbons (Fsp3) is 0.800. The standard InChI is InChI=1S/C10H18NO3/c1-4-5-8(2)11(14)10(13)7-6-9(3)12/h8H,4-7H2,1-3H3/q-1. The van der Waals surface area contributed by atoms with E-state index in [9.17, 15) is 14.8 Å². The van der Waals surface area contributed by atoms with Gasteiger partial charge < -0.3 is 15.1 Å². The zero-order chi connectivity index (χ0) is 11.1. The van der Waals surface area contributed by atoms with E-state index in [1.807, 2.05) is 6.92 Å². The van der Waals surface area contributed by atoms with Crippen molar-refractivity contribution < 1.29 is 9.59 Å². The van der Waals surface area contributed by atoms with Gasteiger partial charge in [0.25, 0.3) is 0 Å². The third kappa shape index (κ3) is 4.97. The highest BCUT2D eigenvalue weighted by molar-refractivity contribution is 5.83. The third-order valence-corrected chi connectivity index (χ3v) is 2.04. The molecular formula is C10H18NO3-. The molecule has 0 fully saturated rings. The van der Waals surface area contributed by atoms with Crippen molar-refractivity contribution >= 4 is 11.7 Å². The van der Waals surface area contributed by atoms with Crippen LogP contribution in [0.4, 0.5) is 0 Å². The molecule has 0 aromatic rings. The molecule has 0 spiro atoms. The van der Waals surface area contributed by atoms with Gasteiger partial charge in [-0.25, -0.2) is 0 Å². The van der Waals surface area contributed by atoms with Crippen molar-refractivity contribution in [2.45, 2.75) is 52.5 Å². The van der Waals surface area contributed by atoms with E-state index in [1.54, 1.807) is 6.92 Å². The summed E-state index contributed by atoms with van der Waals surface area (Å²) in [6.45, 7) is 5.10. The number of hydrogen-bond acceptors (Lipinski definition) is 3. The molecule has 0 aromatic heterocycles. The van der Waals surface area contributed by atoms with Gasteiger partial charge in [0.1, 0.15) is 5.78 Å². The quantitative estimate of drug-likeness (QED) is 0.615. The van der Waals surface area contributed by atoms with Crippen molar-refractivity contribution in [2.24, 2.45) is 0 Å². The van der Waals surface area contributed by atoms with E-state index in [1.165, 1.54) is 6.92 Å². The van der Waals surface area contributed by atoms with Crippen LogP contribution in [-0.2, 0) is 9.59 Å². The second kappa shape index (κ2) is 6.54. The fourth-order valence-electron chi connectivity index (χ4n) is 1.17. The van der Waals surface area contributed by atoms with Crippen LogP contribution in [0.25, 0.3) is 0 Å². The van der Waals surface area contributed by atoms with Crippen LogP contribution >= 0.6 is 0 Å². The van der Waals surface area contributed by atoms with Crippen molar-refractivity contribution in [1.29, 1.82) is 0 Å².